The molecule has 17 heavy (non-hydrogen) atoms. The van der Waals surface area contributed by atoms with Crippen molar-refractivity contribution in [1.82, 2.24) is 0 Å². The first-order chi connectivity index (χ1) is 7.88. The number of ether oxygens (including phenoxy) is 1. The third-order valence-electron chi connectivity index (χ3n) is 2.41. The topological polar surface area (TPSA) is 58.6 Å². The van der Waals surface area contributed by atoms with E-state index in [-0.39, 0.29) is 5.56 Å². The van der Waals surface area contributed by atoms with Crippen molar-refractivity contribution in [2.45, 2.75) is 18.5 Å². The van der Waals surface area contributed by atoms with Gasteiger partial charge in [0.05, 0.1) is 0 Å². The number of aliphatic carboxylic acids is 1. The van der Waals surface area contributed by atoms with Crippen molar-refractivity contribution in [2.75, 3.05) is 5.32 Å². The van der Waals surface area contributed by atoms with Gasteiger partial charge < -0.3 is 10.4 Å². The molecule has 0 aromatic heterocycles. The highest BCUT2D eigenvalue weighted by Gasteiger charge is 2.44. The van der Waals surface area contributed by atoms with Crippen molar-refractivity contribution in [2.24, 2.45) is 0 Å². The van der Waals surface area contributed by atoms with Crippen LogP contribution in [0.1, 0.15) is 11.7 Å². The zero-order chi connectivity index (χ0) is 12.6. The second-order valence-corrected chi connectivity index (χ2v) is 3.53. The molecule has 0 spiro atoms. The van der Waals surface area contributed by atoms with Crippen LogP contribution in [0.4, 0.5) is 18.9 Å². The van der Waals surface area contributed by atoms with Gasteiger partial charge in [0.1, 0.15) is 6.10 Å². The molecule has 92 valence electrons. The Morgan fingerprint density at radius 3 is 2.59 bits per heavy atom. The molecule has 1 aromatic rings. The Balaban J connectivity index is 2.34. The molecular formula is C10H8F3NO3. The summed E-state index contributed by atoms with van der Waals surface area (Å²) in [6.07, 6.45) is -6.44. The fourth-order valence-corrected chi connectivity index (χ4v) is 1.77. The summed E-state index contributed by atoms with van der Waals surface area (Å²) in [7, 11) is 0. The number of fused-ring (bicyclic) bond motifs is 1. The number of benzene rings is 1. The summed E-state index contributed by atoms with van der Waals surface area (Å²) in [5.41, 5.74) is 0.534. The quantitative estimate of drug-likeness (QED) is 0.840. The smallest absolute Gasteiger partial charge is 0.480 e. The van der Waals surface area contributed by atoms with E-state index in [1.165, 1.54) is 18.2 Å². The Morgan fingerprint density at radius 2 is 2.00 bits per heavy atom. The first-order valence-electron chi connectivity index (χ1n) is 4.71. The molecule has 7 heteroatoms. The van der Waals surface area contributed by atoms with E-state index in [0.29, 0.717) is 5.69 Å². The van der Waals surface area contributed by atoms with Gasteiger partial charge in [0.2, 0.25) is 0 Å². The molecule has 0 amide bonds. The van der Waals surface area contributed by atoms with Gasteiger partial charge in [-0.15, -0.1) is 13.2 Å². The number of carboxylic acids is 1. The minimum atomic E-state index is -4.88. The molecule has 0 fully saturated rings. The van der Waals surface area contributed by atoms with Crippen LogP contribution in [0.25, 0.3) is 0 Å². The van der Waals surface area contributed by atoms with Gasteiger partial charge in [-0.2, -0.15) is 0 Å². The molecule has 1 heterocycles. The molecular weight excluding hydrogens is 239 g/mol. The van der Waals surface area contributed by atoms with Crippen LogP contribution in [0.15, 0.2) is 24.3 Å². The highest BCUT2D eigenvalue weighted by Crippen LogP contribution is 2.40. The summed E-state index contributed by atoms with van der Waals surface area (Å²) in [4.78, 5) is 10.9. The van der Waals surface area contributed by atoms with Gasteiger partial charge in [-0.1, -0.05) is 18.2 Å². The molecule has 1 aromatic carbocycles. The van der Waals surface area contributed by atoms with Crippen LogP contribution in [0.2, 0.25) is 0 Å². The van der Waals surface area contributed by atoms with Gasteiger partial charge in [-0.3, -0.25) is 4.74 Å². The number of carbonyl (C=O) groups is 1. The molecule has 2 atom stereocenters. The Hall–Kier alpha value is -1.76. The van der Waals surface area contributed by atoms with E-state index in [1.807, 2.05) is 0 Å². The van der Waals surface area contributed by atoms with Crippen LogP contribution < -0.4 is 5.32 Å². The van der Waals surface area contributed by atoms with E-state index in [9.17, 15) is 18.0 Å². The highest BCUT2D eigenvalue weighted by molar-refractivity contribution is 5.82. The maximum atomic E-state index is 12.2. The number of anilines is 1. The first-order valence-corrected chi connectivity index (χ1v) is 4.71. The van der Waals surface area contributed by atoms with E-state index in [2.05, 4.69) is 10.1 Å². The third-order valence-corrected chi connectivity index (χ3v) is 2.41. The number of halogens is 3. The molecule has 0 saturated carbocycles. The summed E-state index contributed by atoms with van der Waals surface area (Å²) >= 11 is 0. The highest BCUT2D eigenvalue weighted by atomic mass is 19.4. The second kappa shape index (κ2) is 3.92. The van der Waals surface area contributed by atoms with Crippen molar-refractivity contribution in [3.8, 4) is 0 Å². The van der Waals surface area contributed by atoms with Crippen LogP contribution in [-0.2, 0) is 9.53 Å². The number of rotatable bonds is 2. The maximum Gasteiger partial charge on any atom is 0.523 e. The van der Waals surface area contributed by atoms with Crippen molar-refractivity contribution in [3.05, 3.63) is 29.8 Å². The summed E-state index contributed by atoms with van der Waals surface area (Å²) in [6.45, 7) is 0. The van der Waals surface area contributed by atoms with Crippen LogP contribution in [0.5, 0.6) is 0 Å². The number of hydrogen-bond acceptors (Lipinski definition) is 3. The molecule has 0 bridgehead atoms. The molecule has 0 saturated heterocycles. The van der Waals surface area contributed by atoms with E-state index < -0.39 is 24.5 Å². The van der Waals surface area contributed by atoms with Crippen LogP contribution in [-0.4, -0.2) is 23.5 Å². The zero-order valence-electron chi connectivity index (χ0n) is 8.36. The molecule has 2 N–H and O–H groups in total. The minimum Gasteiger partial charge on any atom is -0.480 e. The van der Waals surface area contributed by atoms with Gasteiger partial charge >= 0.3 is 12.3 Å². The molecule has 1 aliphatic heterocycles. The minimum absolute atomic E-state index is 0.192. The lowest BCUT2D eigenvalue weighted by Crippen LogP contribution is -2.34. The van der Waals surface area contributed by atoms with Gasteiger partial charge in [-0.05, 0) is 6.07 Å². The molecule has 4 nitrogen and oxygen atoms in total. The lowest BCUT2D eigenvalue weighted by molar-refractivity contribution is -0.344. The molecule has 2 rings (SSSR count). The number of para-hydroxylation sites is 1. The normalized spacial score (nSPS) is 23.0. The largest absolute Gasteiger partial charge is 0.523 e. The van der Waals surface area contributed by atoms with Crippen LogP contribution >= 0.6 is 0 Å². The molecule has 1 aliphatic rings. The summed E-state index contributed by atoms with van der Waals surface area (Å²) < 4.78 is 40.4. The number of nitrogens with one attached hydrogen (secondary N) is 1. The van der Waals surface area contributed by atoms with E-state index >= 15 is 0 Å². The zero-order valence-corrected chi connectivity index (χ0v) is 8.36. The van der Waals surface area contributed by atoms with Gasteiger partial charge in [-0.25, -0.2) is 4.79 Å². The van der Waals surface area contributed by atoms with Crippen molar-refractivity contribution in [3.63, 3.8) is 0 Å². The predicted molar refractivity (Wildman–Crippen MR) is 51.4 cm³/mol. The summed E-state index contributed by atoms with van der Waals surface area (Å²) in [6, 6.07) is 4.60. The Labute approximate surface area is 94.0 Å². The van der Waals surface area contributed by atoms with Gasteiger partial charge in [0.15, 0.2) is 6.04 Å². The third kappa shape index (κ3) is 2.33. The van der Waals surface area contributed by atoms with Crippen LogP contribution in [0, 0.1) is 0 Å². The monoisotopic (exact) mass is 247 g/mol. The molecule has 0 aliphatic carbocycles. The molecule has 2 unspecified atom stereocenters. The van der Waals surface area contributed by atoms with Gasteiger partial charge in [0.25, 0.3) is 0 Å². The fraction of sp³-hybridized carbons (Fsp3) is 0.300. The second-order valence-electron chi connectivity index (χ2n) is 3.53. The Morgan fingerprint density at radius 1 is 1.35 bits per heavy atom. The average Bonchev–Trinajstić information content (AvgIpc) is 2.55. The summed E-state index contributed by atoms with van der Waals surface area (Å²) in [5.74, 6) is -1.39. The standard InChI is InChI=1S/C10H8F3NO3/c11-10(12,13)17-8-5-3-1-2-4-6(5)14-7(8)9(15)16/h1-4,7-8,14H,(H,15,16). The lowest BCUT2D eigenvalue weighted by Gasteiger charge is -2.18. The molecule has 0 radical (unpaired) electrons. The fourth-order valence-electron chi connectivity index (χ4n) is 1.77. The lowest BCUT2D eigenvalue weighted by atomic mass is 10.1. The SMILES string of the molecule is O=C(O)C1Nc2ccccc2C1OC(F)(F)F. The first kappa shape index (κ1) is 11.7. The van der Waals surface area contributed by atoms with Crippen molar-refractivity contribution in [1.29, 1.82) is 0 Å². The number of alkyl halides is 3. The average molecular weight is 247 g/mol. The number of carboxylic acid groups (broad SMARTS) is 1. The summed E-state index contributed by atoms with van der Waals surface area (Å²) in [5, 5.41) is 11.3. The maximum absolute atomic E-state index is 12.2. The van der Waals surface area contributed by atoms with E-state index in [1.54, 1.807) is 6.07 Å². The van der Waals surface area contributed by atoms with Crippen molar-refractivity contribution >= 4 is 11.7 Å². The number of hydrogen-bond donors (Lipinski definition) is 2. The predicted octanol–water partition coefficient (Wildman–Crippen LogP) is 2.14. The van der Waals surface area contributed by atoms with E-state index in [4.69, 9.17) is 5.11 Å². The van der Waals surface area contributed by atoms with E-state index in [0.717, 1.165) is 0 Å². The van der Waals surface area contributed by atoms with Crippen molar-refractivity contribution < 1.29 is 27.8 Å². The van der Waals surface area contributed by atoms with Gasteiger partial charge in [0, 0.05) is 11.3 Å². The Kier molecular flexibility index (Phi) is 2.70. The Bertz CT molecular complexity index is 447. The van der Waals surface area contributed by atoms with Crippen LogP contribution in [0.3, 0.4) is 0 Å².